The van der Waals surface area contributed by atoms with Gasteiger partial charge in [0, 0.05) is 43.6 Å². The monoisotopic (exact) mass is 432 g/mol. The number of thiophene rings is 1. The molecule has 0 bridgehead atoms. The van der Waals surface area contributed by atoms with Crippen molar-refractivity contribution in [2.24, 2.45) is 0 Å². The second-order valence-electron chi connectivity index (χ2n) is 7.50. The second-order valence-corrected chi connectivity index (χ2v) is 8.48. The zero-order chi connectivity index (χ0) is 21.5. The lowest BCUT2D eigenvalue weighted by Gasteiger charge is -2.41. The van der Waals surface area contributed by atoms with E-state index in [1.807, 2.05) is 18.4 Å². The molecule has 1 saturated heterocycles. The van der Waals surface area contributed by atoms with Crippen LogP contribution in [0.5, 0.6) is 0 Å². The molecule has 0 radical (unpaired) electrons. The van der Waals surface area contributed by atoms with Crippen molar-refractivity contribution in [2.45, 2.75) is 32.5 Å². The third kappa shape index (κ3) is 5.87. The van der Waals surface area contributed by atoms with E-state index in [1.54, 1.807) is 23.5 Å². The standard InChI is InChI=1S/C22H29FN4O2S/c1-3-26-10-12-27(13-11-26)20(19-5-4-14-30-19)16(2)25-22(29)21(28)24-15-17-6-8-18(23)9-7-17/h4-9,14,16,20H,3,10-13,15H2,1-2H3,(H,24,28)(H,25,29). The van der Waals surface area contributed by atoms with Gasteiger partial charge in [-0.1, -0.05) is 25.1 Å². The molecule has 8 heteroatoms. The number of halogens is 1. The van der Waals surface area contributed by atoms with Crippen molar-refractivity contribution >= 4 is 23.2 Å². The summed E-state index contributed by atoms with van der Waals surface area (Å²) in [5, 5.41) is 7.51. The van der Waals surface area contributed by atoms with Gasteiger partial charge in [-0.3, -0.25) is 14.5 Å². The molecular formula is C22H29FN4O2S. The summed E-state index contributed by atoms with van der Waals surface area (Å²) in [6.07, 6.45) is 0. The smallest absolute Gasteiger partial charge is 0.309 e. The van der Waals surface area contributed by atoms with Crippen molar-refractivity contribution in [1.82, 2.24) is 20.4 Å². The number of hydrogen-bond donors (Lipinski definition) is 2. The summed E-state index contributed by atoms with van der Waals surface area (Å²) in [5.74, 6) is -1.68. The Balaban J connectivity index is 1.59. The SMILES string of the molecule is CCN1CCN(C(c2cccs2)C(C)NC(=O)C(=O)NCc2ccc(F)cc2)CC1. The van der Waals surface area contributed by atoms with E-state index in [1.165, 1.54) is 17.0 Å². The number of benzene rings is 1. The van der Waals surface area contributed by atoms with E-state index >= 15 is 0 Å². The van der Waals surface area contributed by atoms with E-state index in [4.69, 9.17) is 0 Å². The molecule has 3 rings (SSSR count). The van der Waals surface area contributed by atoms with Crippen molar-refractivity contribution in [3.63, 3.8) is 0 Å². The maximum Gasteiger partial charge on any atom is 0.309 e. The van der Waals surface area contributed by atoms with Crippen LogP contribution in [-0.4, -0.2) is 60.4 Å². The van der Waals surface area contributed by atoms with Crippen molar-refractivity contribution < 1.29 is 14.0 Å². The molecule has 2 atom stereocenters. The van der Waals surface area contributed by atoms with Gasteiger partial charge in [0.15, 0.2) is 0 Å². The number of carbonyl (C=O) groups is 2. The lowest BCUT2D eigenvalue weighted by Crippen LogP contribution is -2.53. The van der Waals surface area contributed by atoms with Gasteiger partial charge in [-0.05, 0) is 42.6 Å². The molecule has 1 aliphatic rings. The van der Waals surface area contributed by atoms with Gasteiger partial charge in [-0.25, -0.2) is 4.39 Å². The molecule has 0 saturated carbocycles. The summed E-state index contributed by atoms with van der Waals surface area (Å²) in [6.45, 7) is 9.17. The fourth-order valence-corrected chi connectivity index (χ4v) is 4.74. The first-order valence-electron chi connectivity index (χ1n) is 10.3. The largest absolute Gasteiger partial charge is 0.344 e. The number of likely N-dealkylation sites (N-methyl/N-ethyl adjacent to an activating group) is 1. The average molecular weight is 433 g/mol. The number of nitrogens with one attached hydrogen (secondary N) is 2. The minimum Gasteiger partial charge on any atom is -0.344 e. The highest BCUT2D eigenvalue weighted by atomic mass is 32.1. The fourth-order valence-electron chi connectivity index (χ4n) is 3.78. The van der Waals surface area contributed by atoms with Gasteiger partial charge in [-0.15, -0.1) is 11.3 Å². The Labute approximate surface area is 181 Å². The highest BCUT2D eigenvalue weighted by Crippen LogP contribution is 2.29. The van der Waals surface area contributed by atoms with Crippen LogP contribution in [-0.2, 0) is 16.1 Å². The molecule has 162 valence electrons. The van der Waals surface area contributed by atoms with Gasteiger partial charge in [0.05, 0.1) is 6.04 Å². The van der Waals surface area contributed by atoms with Crippen LogP contribution in [0.25, 0.3) is 0 Å². The molecule has 1 fully saturated rings. The normalized spacial score (nSPS) is 17.3. The average Bonchev–Trinajstić information content (AvgIpc) is 3.28. The van der Waals surface area contributed by atoms with Gasteiger partial charge in [0.25, 0.3) is 0 Å². The van der Waals surface area contributed by atoms with Crippen LogP contribution < -0.4 is 10.6 Å². The third-order valence-electron chi connectivity index (χ3n) is 5.49. The minimum atomic E-state index is -0.688. The Morgan fingerprint density at radius 3 is 2.40 bits per heavy atom. The molecule has 1 aromatic heterocycles. The van der Waals surface area contributed by atoms with Crippen LogP contribution in [0.1, 0.15) is 30.3 Å². The molecule has 0 aliphatic carbocycles. The Morgan fingerprint density at radius 2 is 1.80 bits per heavy atom. The number of rotatable bonds is 7. The summed E-state index contributed by atoms with van der Waals surface area (Å²) >= 11 is 1.67. The first-order valence-corrected chi connectivity index (χ1v) is 11.2. The Morgan fingerprint density at radius 1 is 1.10 bits per heavy atom. The molecule has 0 spiro atoms. The molecule has 2 unspecified atom stereocenters. The van der Waals surface area contributed by atoms with Crippen molar-refractivity contribution in [2.75, 3.05) is 32.7 Å². The maximum atomic E-state index is 13.0. The molecule has 2 heterocycles. The minimum absolute atomic E-state index is 0.0258. The van der Waals surface area contributed by atoms with E-state index in [2.05, 4.69) is 33.4 Å². The van der Waals surface area contributed by atoms with Crippen molar-refractivity contribution in [1.29, 1.82) is 0 Å². The van der Waals surface area contributed by atoms with Gasteiger partial charge in [-0.2, -0.15) is 0 Å². The molecule has 1 aliphatic heterocycles. The lowest BCUT2D eigenvalue weighted by molar-refractivity contribution is -0.140. The molecule has 30 heavy (non-hydrogen) atoms. The summed E-state index contributed by atoms with van der Waals surface area (Å²) in [6, 6.07) is 9.72. The summed E-state index contributed by atoms with van der Waals surface area (Å²) < 4.78 is 13.0. The quantitative estimate of drug-likeness (QED) is 0.660. The van der Waals surface area contributed by atoms with Gasteiger partial charge >= 0.3 is 11.8 Å². The van der Waals surface area contributed by atoms with Crippen molar-refractivity contribution in [3.05, 3.63) is 58.0 Å². The van der Waals surface area contributed by atoms with Crippen LogP contribution in [0, 0.1) is 5.82 Å². The molecule has 6 nitrogen and oxygen atoms in total. The van der Waals surface area contributed by atoms with Crippen LogP contribution in [0.15, 0.2) is 41.8 Å². The van der Waals surface area contributed by atoms with Crippen LogP contribution in [0.2, 0.25) is 0 Å². The van der Waals surface area contributed by atoms with Crippen LogP contribution >= 0.6 is 11.3 Å². The maximum absolute atomic E-state index is 13.0. The molecule has 1 aromatic carbocycles. The van der Waals surface area contributed by atoms with E-state index < -0.39 is 11.8 Å². The number of carbonyl (C=O) groups excluding carboxylic acids is 2. The van der Waals surface area contributed by atoms with E-state index in [0.29, 0.717) is 0 Å². The zero-order valence-electron chi connectivity index (χ0n) is 17.4. The predicted octanol–water partition coefficient (Wildman–Crippen LogP) is 2.39. The topological polar surface area (TPSA) is 64.7 Å². The van der Waals surface area contributed by atoms with Gasteiger partial charge in [0.2, 0.25) is 0 Å². The number of nitrogens with zero attached hydrogens (tertiary/aromatic N) is 2. The molecule has 2 amide bonds. The van der Waals surface area contributed by atoms with E-state index in [9.17, 15) is 14.0 Å². The highest BCUT2D eigenvalue weighted by Gasteiger charge is 2.31. The van der Waals surface area contributed by atoms with Crippen molar-refractivity contribution in [3.8, 4) is 0 Å². The second kappa shape index (κ2) is 10.7. The molecule has 2 N–H and O–H groups in total. The summed E-state index contributed by atoms with van der Waals surface area (Å²) in [4.78, 5) is 30.7. The Bertz CT molecular complexity index is 820. The van der Waals surface area contributed by atoms with E-state index in [0.717, 1.165) is 38.3 Å². The highest BCUT2D eigenvalue weighted by molar-refractivity contribution is 7.10. The molecule has 2 aromatic rings. The Kier molecular flexibility index (Phi) is 7.95. The number of piperazine rings is 1. The summed E-state index contributed by atoms with van der Waals surface area (Å²) in [5.41, 5.74) is 0.732. The predicted molar refractivity (Wildman–Crippen MR) is 117 cm³/mol. The first kappa shape index (κ1) is 22.4. The lowest BCUT2D eigenvalue weighted by atomic mass is 10.0. The van der Waals surface area contributed by atoms with E-state index in [-0.39, 0.29) is 24.4 Å². The molecular weight excluding hydrogens is 403 g/mol. The van der Waals surface area contributed by atoms with Gasteiger partial charge in [0.1, 0.15) is 5.82 Å². The zero-order valence-corrected chi connectivity index (χ0v) is 18.3. The fraction of sp³-hybridized carbons (Fsp3) is 0.455. The summed E-state index contributed by atoms with van der Waals surface area (Å²) in [7, 11) is 0. The third-order valence-corrected chi connectivity index (χ3v) is 6.43. The Hall–Kier alpha value is -2.29. The van der Waals surface area contributed by atoms with Gasteiger partial charge < -0.3 is 15.5 Å². The number of hydrogen-bond acceptors (Lipinski definition) is 5. The van der Waals surface area contributed by atoms with Crippen LogP contribution in [0.4, 0.5) is 4.39 Å². The first-order chi connectivity index (χ1) is 14.5. The number of amides is 2. The van der Waals surface area contributed by atoms with Crippen LogP contribution in [0.3, 0.4) is 0 Å².